The molecular formula is C20H28Si2. The SMILES string of the molecule is C[Si](C)(C)CC1=CC([Si](C)(C)C2C=CC=C2)c2ccccc21. The Morgan fingerprint density at radius 2 is 1.55 bits per heavy atom. The molecule has 1 unspecified atom stereocenters. The number of hydrogen-bond acceptors (Lipinski definition) is 0. The normalized spacial score (nSPS) is 21.3. The van der Waals surface area contributed by atoms with Crippen molar-refractivity contribution >= 4 is 21.7 Å². The third-order valence-electron chi connectivity index (χ3n) is 5.14. The number of rotatable bonds is 4. The topological polar surface area (TPSA) is 0 Å². The molecule has 0 bridgehead atoms. The van der Waals surface area contributed by atoms with E-state index < -0.39 is 16.1 Å². The minimum atomic E-state index is -1.44. The molecule has 1 aromatic rings. The Morgan fingerprint density at radius 1 is 0.909 bits per heavy atom. The molecule has 2 aliphatic rings. The van der Waals surface area contributed by atoms with E-state index >= 15 is 0 Å². The van der Waals surface area contributed by atoms with Crippen LogP contribution in [0.2, 0.25) is 44.3 Å². The molecule has 0 N–H and O–H groups in total. The predicted octanol–water partition coefficient (Wildman–Crippen LogP) is 6.25. The Bertz CT molecular complexity index is 645. The van der Waals surface area contributed by atoms with Crippen LogP contribution in [0.1, 0.15) is 16.7 Å². The van der Waals surface area contributed by atoms with Gasteiger partial charge in [-0.15, -0.1) is 0 Å². The summed E-state index contributed by atoms with van der Waals surface area (Å²) in [7, 11) is -2.53. The first-order chi connectivity index (χ1) is 10.3. The highest BCUT2D eigenvalue weighted by Crippen LogP contribution is 2.48. The van der Waals surface area contributed by atoms with E-state index in [1.807, 2.05) is 0 Å². The van der Waals surface area contributed by atoms with Gasteiger partial charge in [0.15, 0.2) is 0 Å². The highest BCUT2D eigenvalue weighted by molar-refractivity contribution is 6.82. The summed E-state index contributed by atoms with van der Waals surface area (Å²) in [6, 6.07) is 10.5. The smallest absolute Gasteiger partial charge is 0.0707 e. The van der Waals surface area contributed by atoms with E-state index in [2.05, 4.69) is 87.4 Å². The molecule has 1 aromatic carbocycles. The van der Waals surface area contributed by atoms with E-state index in [1.54, 1.807) is 16.7 Å². The van der Waals surface area contributed by atoms with Gasteiger partial charge < -0.3 is 0 Å². The largest absolute Gasteiger partial charge is 0.0803 e. The first kappa shape index (κ1) is 15.8. The fourth-order valence-corrected chi connectivity index (χ4v) is 8.68. The Kier molecular flexibility index (Phi) is 3.94. The van der Waals surface area contributed by atoms with Gasteiger partial charge in [0.2, 0.25) is 0 Å². The standard InChI is InChI=1S/C20H28Si2/c1-21(2,3)15-16-14-20(19-13-9-8-12-18(16)19)22(4,5)17-10-6-7-11-17/h6-14,17,20H,15H2,1-5H3. The summed E-state index contributed by atoms with van der Waals surface area (Å²) < 4.78 is 0. The van der Waals surface area contributed by atoms with E-state index in [9.17, 15) is 0 Å². The minimum Gasteiger partial charge on any atom is -0.0803 e. The molecule has 0 fully saturated rings. The van der Waals surface area contributed by atoms with Crippen molar-refractivity contribution in [2.75, 3.05) is 0 Å². The van der Waals surface area contributed by atoms with Crippen LogP contribution in [0.3, 0.4) is 0 Å². The van der Waals surface area contributed by atoms with E-state index in [0.29, 0.717) is 11.1 Å². The predicted molar refractivity (Wildman–Crippen MR) is 105 cm³/mol. The number of fused-ring (bicyclic) bond motifs is 1. The van der Waals surface area contributed by atoms with Gasteiger partial charge in [0, 0.05) is 8.07 Å². The Hall–Kier alpha value is -1.13. The monoisotopic (exact) mass is 324 g/mol. The number of allylic oxidation sites excluding steroid dienone is 6. The third-order valence-corrected chi connectivity index (χ3v) is 10.8. The molecular weight excluding hydrogens is 296 g/mol. The zero-order valence-corrected chi connectivity index (χ0v) is 16.6. The van der Waals surface area contributed by atoms with Gasteiger partial charge in [0.25, 0.3) is 0 Å². The molecule has 3 rings (SSSR count). The Morgan fingerprint density at radius 3 is 2.18 bits per heavy atom. The second-order valence-corrected chi connectivity index (χ2v) is 19.0. The lowest BCUT2D eigenvalue weighted by Crippen LogP contribution is -2.37. The Balaban J connectivity index is 2.01. The van der Waals surface area contributed by atoms with Crippen LogP contribution < -0.4 is 0 Å². The molecule has 0 saturated carbocycles. The molecule has 0 aliphatic heterocycles. The van der Waals surface area contributed by atoms with Crippen LogP contribution in [-0.4, -0.2) is 16.1 Å². The molecule has 0 radical (unpaired) electrons. The van der Waals surface area contributed by atoms with Crippen molar-refractivity contribution in [3.05, 3.63) is 65.8 Å². The van der Waals surface area contributed by atoms with E-state index in [-0.39, 0.29) is 0 Å². The van der Waals surface area contributed by atoms with Gasteiger partial charge >= 0.3 is 0 Å². The molecule has 0 saturated heterocycles. The van der Waals surface area contributed by atoms with E-state index in [4.69, 9.17) is 0 Å². The van der Waals surface area contributed by atoms with Crippen molar-refractivity contribution in [2.24, 2.45) is 0 Å². The highest BCUT2D eigenvalue weighted by atomic mass is 28.3. The first-order valence-electron chi connectivity index (χ1n) is 8.44. The second kappa shape index (κ2) is 5.50. The lowest BCUT2D eigenvalue weighted by atomic mass is 10.1. The summed E-state index contributed by atoms with van der Waals surface area (Å²) in [5.41, 5.74) is 6.11. The van der Waals surface area contributed by atoms with Crippen molar-refractivity contribution in [1.82, 2.24) is 0 Å². The zero-order chi connectivity index (χ0) is 16.0. The van der Waals surface area contributed by atoms with E-state index in [1.165, 1.54) is 6.04 Å². The molecule has 2 aliphatic carbocycles. The summed E-state index contributed by atoms with van der Waals surface area (Å²) in [6.45, 7) is 12.6. The average molecular weight is 325 g/mol. The third kappa shape index (κ3) is 2.87. The summed E-state index contributed by atoms with van der Waals surface area (Å²) in [6.07, 6.45) is 11.9. The van der Waals surface area contributed by atoms with Crippen LogP contribution in [0.5, 0.6) is 0 Å². The molecule has 0 nitrogen and oxygen atoms in total. The van der Waals surface area contributed by atoms with Gasteiger partial charge in [-0.2, -0.15) is 0 Å². The number of hydrogen-bond donors (Lipinski definition) is 0. The molecule has 2 heteroatoms. The minimum absolute atomic E-state index is 0.660. The van der Waals surface area contributed by atoms with Crippen LogP contribution in [0.25, 0.3) is 5.57 Å². The van der Waals surface area contributed by atoms with Crippen LogP contribution in [0.15, 0.2) is 54.6 Å². The van der Waals surface area contributed by atoms with Crippen molar-refractivity contribution in [3.63, 3.8) is 0 Å². The fraction of sp³-hybridized carbons (Fsp3) is 0.400. The maximum Gasteiger partial charge on any atom is 0.0707 e. The number of benzene rings is 1. The molecule has 116 valence electrons. The van der Waals surface area contributed by atoms with Gasteiger partial charge in [-0.25, -0.2) is 0 Å². The van der Waals surface area contributed by atoms with Crippen LogP contribution >= 0.6 is 0 Å². The lowest BCUT2D eigenvalue weighted by molar-refractivity contribution is 1.09. The Labute approximate surface area is 137 Å². The summed E-state index contributed by atoms with van der Waals surface area (Å²) >= 11 is 0. The van der Waals surface area contributed by atoms with Gasteiger partial charge in [-0.1, -0.05) is 87.4 Å². The summed E-state index contributed by atoms with van der Waals surface area (Å²) in [5.74, 6) is 0. The van der Waals surface area contributed by atoms with Crippen molar-refractivity contribution in [3.8, 4) is 0 Å². The summed E-state index contributed by atoms with van der Waals surface area (Å²) in [5, 5.41) is 0. The highest BCUT2D eigenvalue weighted by Gasteiger charge is 2.41. The molecule has 0 amide bonds. The molecule has 0 heterocycles. The van der Waals surface area contributed by atoms with Crippen LogP contribution in [0, 0.1) is 0 Å². The van der Waals surface area contributed by atoms with Crippen LogP contribution in [-0.2, 0) is 0 Å². The molecule has 1 atom stereocenters. The lowest BCUT2D eigenvalue weighted by Gasteiger charge is -2.33. The van der Waals surface area contributed by atoms with Gasteiger partial charge in [-0.3, -0.25) is 0 Å². The molecule has 22 heavy (non-hydrogen) atoms. The van der Waals surface area contributed by atoms with Crippen molar-refractivity contribution in [1.29, 1.82) is 0 Å². The van der Waals surface area contributed by atoms with Gasteiger partial charge in [0.1, 0.15) is 0 Å². The first-order valence-corrected chi connectivity index (χ1v) is 15.3. The maximum absolute atomic E-state index is 2.65. The zero-order valence-electron chi connectivity index (χ0n) is 14.6. The fourth-order valence-electron chi connectivity index (χ4n) is 3.92. The molecule has 0 aromatic heterocycles. The van der Waals surface area contributed by atoms with Gasteiger partial charge in [-0.05, 0) is 33.8 Å². The quantitative estimate of drug-likeness (QED) is 0.574. The average Bonchev–Trinajstić information content (AvgIpc) is 3.06. The van der Waals surface area contributed by atoms with Gasteiger partial charge in [0.05, 0.1) is 8.07 Å². The van der Waals surface area contributed by atoms with Crippen molar-refractivity contribution in [2.45, 2.75) is 49.9 Å². The second-order valence-electron chi connectivity index (χ2n) is 8.61. The van der Waals surface area contributed by atoms with E-state index in [0.717, 1.165) is 0 Å². The molecule has 0 spiro atoms. The summed E-state index contributed by atoms with van der Waals surface area (Å²) in [4.78, 5) is 0. The maximum atomic E-state index is 2.65. The van der Waals surface area contributed by atoms with Crippen LogP contribution in [0.4, 0.5) is 0 Å². The van der Waals surface area contributed by atoms with Crippen molar-refractivity contribution < 1.29 is 0 Å².